The van der Waals surface area contributed by atoms with Gasteiger partial charge < -0.3 is 14.6 Å². The monoisotopic (exact) mass is 488 g/mol. The molecular weight excluding hydrogens is 463 g/mol. The first-order valence-electron chi connectivity index (χ1n) is 10.5. The van der Waals surface area contributed by atoms with Crippen molar-refractivity contribution in [2.75, 3.05) is 0 Å². The van der Waals surface area contributed by atoms with Crippen LogP contribution < -0.4 is 10.6 Å². The molecule has 0 saturated heterocycles. The van der Waals surface area contributed by atoms with Crippen LogP contribution in [0.5, 0.6) is 0 Å². The Labute approximate surface area is 192 Å². The number of ether oxygens (including phenoxy) is 1. The number of hydrogen-bond acceptors (Lipinski definition) is 5. The van der Waals surface area contributed by atoms with E-state index in [1.54, 1.807) is 20.8 Å². The Hall–Kier alpha value is -3.02. The number of hydrogen-bond donors (Lipinski definition) is 2. The molecule has 1 aromatic heterocycles. The fourth-order valence-electron chi connectivity index (χ4n) is 3.57. The summed E-state index contributed by atoms with van der Waals surface area (Å²) in [6, 6.07) is 1.58. The summed E-state index contributed by atoms with van der Waals surface area (Å²) < 4.78 is 72.2. The SMILES string of the molecule is CC(C)(C)OC(=O)N[C@@H](CC(=O)C1Cc2nc(C(F)(F)F)cn2CN1)Cc1ccc(F)c(F)c1. The van der Waals surface area contributed by atoms with Crippen LogP contribution >= 0.6 is 0 Å². The molecule has 0 aliphatic carbocycles. The lowest BCUT2D eigenvalue weighted by Gasteiger charge is -2.27. The molecule has 34 heavy (non-hydrogen) atoms. The maximum Gasteiger partial charge on any atom is 0.434 e. The van der Waals surface area contributed by atoms with E-state index in [1.807, 2.05) is 0 Å². The third kappa shape index (κ3) is 6.75. The predicted octanol–water partition coefficient (Wildman–Crippen LogP) is 3.75. The van der Waals surface area contributed by atoms with Crippen molar-refractivity contribution in [2.24, 2.45) is 0 Å². The summed E-state index contributed by atoms with van der Waals surface area (Å²) >= 11 is 0. The van der Waals surface area contributed by atoms with Gasteiger partial charge in [0.15, 0.2) is 23.1 Å². The number of aromatic nitrogens is 2. The number of fused-ring (bicyclic) bond motifs is 1. The van der Waals surface area contributed by atoms with Gasteiger partial charge in [-0.2, -0.15) is 13.2 Å². The number of rotatable bonds is 6. The van der Waals surface area contributed by atoms with Crippen LogP contribution in [0.4, 0.5) is 26.7 Å². The van der Waals surface area contributed by atoms with E-state index in [0.29, 0.717) is 5.56 Å². The first-order chi connectivity index (χ1) is 15.7. The molecule has 1 aliphatic rings. The van der Waals surface area contributed by atoms with Gasteiger partial charge in [-0.3, -0.25) is 10.1 Å². The standard InChI is InChI=1S/C22H25F5N4O3/c1-21(2,3)34-20(33)29-13(6-12-4-5-14(23)15(24)7-12)8-17(32)16-9-19-30-18(22(25,26)27)10-31(19)11-28-16/h4-5,7,10,13,16,28H,6,8-9,11H2,1-3H3,(H,29,33)/t13-,16?/m1/s1. The highest BCUT2D eigenvalue weighted by Gasteiger charge is 2.37. The highest BCUT2D eigenvalue weighted by Crippen LogP contribution is 2.29. The lowest BCUT2D eigenvalue weighted by atomic mass is 9.96. The average Bonchev–Trinajstić information content (AvgIpc) is 3.13. The quantitative estimate of drug-likeness (QED) is 0.606. The fourth-order valence-corrected chi connectivity index (χ4v) is 3.57. The molecule has 2 atom stereocenters. The number of halogens is 5. The maximum absolute atomic E-state index is 13.6. The zero-order valence-corrected chi connectivity index (χ0v) is 18.8. The molecule has 1 amide bonds. The number of nitrogens with zero attached hydrogens (tertiary/aromatic N) is 2. The number of carbonyl (C=O) groups is 2. The molecule has 1 aliphatic heterocycles. The normalized spacial score (nSPS) is 17.1. The van der Waals surface area contributed by atoms with Gasteiger partial charge in [0, 0.05) is 25.1 Å². The van der Waals surface area contributed by atoms with Crippen LogP contribution in [0.25, 0.3) is 0 Å². The van der Waals surface area contributed by atoms with Crippen LogP contribution in [0.3, 0.4) is 0 Å². The third-order valence-electron chi connectivity index (χ3n) is 5.07. The van der Waals surface area contributed by atoms with E-state index < -0.39 is 47.3 Å². The summed E-state index contributed by atoms with van der Waals surface area (Å²) in [7, 11) is 0. The Balaban J connectivity index is 1.72. The molecular formula is C22H25F5N4O3. The van der Waals surface area contributed by atoms with Gasteiger partial charge in [-0.15, -0.1) is 0 Å². The Morgan fingerprint density at radius 1 is 1.24 bits per heavy atom. The Morgan fingerprint density at radius 2 is 1.94 bits per heavy atom. The molecule has 2 aromatic rings. The molecule has 1 aromatic carbocycles. The number of nitrogens with one attached hydrogen (secondary N) is 2. The summed E-state index contributed by atoms with van der Waals surface area (Å²) in [6.07, 6.45) is -4.81. The fraction of sp³-hybridized carbons (Fsp3) is 0.500. The minimum Gasteiger partial charge on any atom is -0.444 e. The molecule has 2 heterocycles. The molecule has 0 saturated carbocycles. The van der Waals surface area contributed by atoms with Crippen molar-refractivity contribution in [3.8, 4) is 0 Å². The number of Topliss-reactive ketones (excluding diaryl/α,β-unsaturated/α-hetero) is 1. The minimum absolute atomic E-state index is 0.00174. The van der Waals surface area contributed by atoms with E-state index >= 15 is 0 Å². The number of alkyl carbamates (subject to hydrolysis) is 1. The maximum atomic E-state index is 13.6. The van der Waals surface area contributed by atoms with Crippen LogP contribution in [0.1, 0.15) is 44.3 Å². The first kappa shape index (κ1) is 25.6. The summed E-state index contributed by atoms with van der Waals surface area (Å²) in [5.74, 6) is -2.37. The zero-order valence-electron chi connectivity index (χ0n) is 18.8. The molecule has 2 N–H and O–H groups in total. The third-order valence-corrected chi connectivity index (χ3v) is 5.07. The Bertz CT molecular complexity index is 1060. The topological polar surface area (TPSA) is 85.2 Å². The van der Waals surface area contributed by atoms with E-state index in [9.17, 15) is 31.5 Å². The predicted molar refractivity (Wildman–Crippen MR) is 111 cm³/mol. The van der Waals surface area contributed by atoms with Crippen LogP contribution in [0, 0.1) is 11.6 Å². The summed E-state index contributed by atoms with van der Waals surface area (Å²) in [5.41, 5.74) is -1.51. The van der Waals surface area contributed by atoms with Gasteiger partial charge in [-0.25, -0.2) is 18.6 Å². The van der Waals surface area contributed by atoms with Gasteiger partial charge >= 0.3 is 12.3 Å². The van der Waals surface area contributed by atoms with Gasteiger partial charge in [0.25, 0.3) is 0 Å². The Morgan fingerprint density at radius 3 is 2.56 bits per heavy atom. The number of alkyl halides is 3. The molecule has 186 valence electrons. The van der Waals surface area contributed by atoms with Crippen molar-refractivity contribution in [3.05, 3.63) is 53.1 Å². The minimum atomic E-state index is -4.60. The lowest BCUT2D eigenvalue weighted by molar-refractivity contribution is -0.141. The lowest BCUT2D eigenvalue weighted by Crippen LogP contribution is -2.48. The molecule has 0 fully saturated rings. The van der Waals surface area contributed by atoms with E-state index in [-0.39, 0.29) is 37.5 Å². The van der Waals surface area contributed by atoms with Crippen LogP contribution in [0.15, 0.2) is 24.4 Å². The van der Waals surface area contributed by atoms with Crippen molar-refractivity contribution in [2.45, 2.75) is 70.6 Å². The number of ketones is 1. The molecule has 0 radical (unpaired) electrons. The van der Waals surface area contributed by atoms with Gasteiger partial charge in [0.1, 0.15) is 11.4 Å². The second-order valence-electron chi connectivity index (χ2n) is 9.10. The van der Waals surface area contributed by atoms with Crippen molar-refractivity contribution in [1.82, 2.24) is 20.2 Å². The van der Waals surface area contributed by atoms with Crippen molar-refractivity contribution >= 4 is 11.9 Å². The first-order valence-corrected chi connectivity index (χ1v) is 10.5. The second-order valence-corrected chi connectivity index (χ2v) is 9.10. The molecule has 0 spiro atoms. The van der Waals surface area contributed by atoms with Crippen LogP contribution in [0.2, 0.25) is 0 Å². The highest BCUT2D eigenvalue weighted by molar-refractivity contribution is 5.85. The summed E-state index contributed by atoms with van der Waals surface area (Å²) in [6.45, 7) is 4.93. The van der Waals surface area contributed by atoms with E-state index in [0.717, 1.165) is 18.3 Å². The number of benzene rings is 1. The summed E-state index contributed by atoms with van der Waals surface area (Å²) in [4.78, 5) is 28.8. The van der Waals surface area contributed by atoms with E-state index in [2.05, 4.69) is 15.6 Å². The van der Waals surface area contributed by atoms with Crippen LogP contribution in [-0.2, 0) is 35.2 Å². The smallest absolute Gasteiger partial charge is 0.434 e. The van der Waals surface area contributed by atoms with Crippen molar-refractivity contribution in [3.63, 3.8) is 0 Å². The van der Waals surface area contributed by atoms with Gasteiger partial charge in [0.2, 0.25) is 0 Å². The van der Waals surface area contributed by atoms with Crippen molar-refractivity contribution < 1.29 is 36.3 Å². The molecule has 0 bridgehead atoms. The largest absolute Gasteiger partial charge is 0.444 e. The number of amides is 1. The van der Waals surface area contributed by atoms with E-state index in [1.165, 1.54) is 10.6 Å². The molecule has 3 rings (SSSR count). The molecule has 1 unspecified atom stereocenters. The zero-order chi connectivity index (χ0) is 25.3. The van der Waals surface area contributed by atoms with Crippen LogP contribution in [-0.4, -0.2) is 39.1 Å². The summed E-state index contributed by atoms with van der Waals surface area (Å²) in [5, 5.41) is 5.44. The second kappa shape index (κ2) is 9.69. The average molecular weight is 488 g/mol. The van der Waals surface area contributed by atoms with Gasteiger partial charge in [-0.05, 0) is 44.9 Å². The molecule has 12 heteroatoms. The highest BCUT2D eigenvalue weighted by atomic mass is 19.4. The van der Waals surface area contributed by atoms with Crippen molar-refractivity contribution in [1.29, 1.82) is 0 Å². The van der Waals surface area contributed by atoms with Gasteiger partial charge in [-0.1, -0.05) is 6.07 Å². The number of carbonyl (C=O) groups excluding carboxylic acids is 2. The number of imidazole rings is 1. The van der Waals surface area contributed by atoms with Gasteiger partial charge in [0.05, 0.1) is 12.7 Å². The Kier molecular flexibility index (Phi) is 7.29. The van der Waals surface area contributed by atoms with E-state index in [4.69, 9.17) is 4.74 Å². The molecule has 7 nitrogen and oxygen atoms in total.